The minimum absolute atomic E-state index is 0.126. The maximum atomic E-state index is 12.7. The van der Waals surface area contributed by atoms with Crippen LogP contribution in [0.3, 0.4) is 0 Å². The molecule has 3 aromatic rings. The number of hydrogen-bond acceptors (Lipinski definition) is 4. The molecule has 0 fully saturated rings. The van der Waals surface area contributed by atoms with Crippen molar-refractivity contribution in [2.24, 2.45) is 0 Å². The molecule has 124 valence electrons. The molecule has 0 atom stereocenters. The van der Waals surface area contributed by atoms with Gasteiger partial charge in [-0.1, -0.05) is 6.07 Å². The van der Waals surface area contributed by atoms with Gasteiger partial charge in [-0.3, -0.25) is 9.78 Å². The SMILES string of the molecule is COc1ccc2oc(C(=O)N(C)CCc3ccccn3)c(C)c2c1. The van der Waals surface area contributed by atoms with E-state index in [1.165, 1.54) is 0 Å². The first-order valence-corrected chi connectivity index (χ1v) is 7.82. The van der Waals surface area contributed by atoms with Gasteiger partial charge in [0, 0.05) is 42.9 Å². The molecule has 2 heterocycles. The van der Waals surface area contributed by atoms with Crippen LogP contribution < -0.4 is 4.74 Å². The third-order valence-corrected chi connectivity index (χ3v) is 4.11. The summed E-state index contributed by atoms with van der Waals surface area (Å²) >= 11 is 0. The van der Waals surface area contributed by atoms with Crippen molar-refractivity contribution in [1.29, 1.82) is 0 Å². The zero-order valence-electron chi connectivity index (χ0n) is 14.1. The molecular formula is C19H20N2O3. The number of methoxy groups -OCH3 is 1. The van der Waals surface area contributed by atoms with Gasteiger partial charge in [0.15, 0.2) is 5.76 Å². The molecule has 5 heteroatoms. The summed E-state index contributed by atoms with van der Waals surface area (Å²) in [5.74, 6) is 0.995. The Balaban J connectivity index is 1.79. The van der Waals surface area contributed by atoms with Gasteiger partial charge in [0.25, 0.3) is 5.91 Å². The summed E-state index contributed by atoms with van der Waals surface area (Å²) in [6.07, 6.45) is 2.46. The number of carbonyl (C=O) groups excluding carboxylic acids is 1. The lowest BCUT2D eigenvalue weighted by Crippen LogP contribution is -2.29. The monoisotopic (exact) mass is 324 g/mol. The molecule has 0 bridgehead atoms. The van der Waals surface area contributed by atoms with Crippen molar-refractivity contribution in [3.8, 4) is 5.75 Å². The van der Waals surface area contributed by atoms with Gasteiger partial charge in [-0.05, 0) is 37.3 Å². The highest BCUT2D eigenvalue weighted by Gasteiger charge is 2.21. The molecular weight excluding hydrogens is 304 g/mol. The van der Waals surface area contributed by atoms with E-state index in [0.717, 1.165) is 22.4 Å². The third-order valence-electron chi connectivity index (χ3n) is 4.11. The fourth-order valence-corrected chi connectivity index (χ4v) is 2.63. The molecule has 5 nitrogen and oxygen atoms in total. The molecule has 0 radical (unpaired) electrons. The van der Waals surface area contributed by atoms with E-state index in [1.54, 1.807) is 25.3 Å². The summed E-state index contributed by atoms with van der Waals surface area (Å²) in [5.41, 5.74) is 2.48. The number of ether oxygens (including phenoxy) is 1. The van der Waals surface area contributed by atoms with Crippen LogP contribution in [0.15, 0.2) is 47.0 Å². The molecule has 24 heavy (non-hydrogen) atoms. The van der Waals surface area contributed by atoms with Crippen molar-refractivity contribution in [3.63, 3.8) is 0 Å². The number of amides is 1. The lowest BCUT2D eigenvalue weighted by Gasteiger charge is -2.15. The lowest BCUT2D eigenvalue weighted by atomic mass is 10.1. The van der Waals surface area contributed by atoms with Gasteiger partial charge in [0.2, 0.25) is 0 Å². The normalized spacial score (nSPS) is 10.8. The summed E-state index contributed by atoms with van der Waals surface area (Å²) in [6, 6.07) is 11.3. The van der Waals surface area contributed by atoms with Crippen LogP contribution in [-0.2, 0) is 6.42 Å². The highest BCUT2D eigenvalue weighted by atomic mass is 16.5. The maximum Gasteiger partial charge on any atom is 0.289 e. The summed E-state index contributed by atoms with van der Waals surface area (Å²) in [7, 11) is 3.40. The van der Waals surface area contributed by atoms with Crippen LogP contribution in [-0.4, -0.2) is 36.5 Å². The highest BCUT2D eigenvalue weighted by Crippen LogP contribution is 2.29. The quantitative estimate of drug-likeness (QED) is 0.721. The van der Waals surface area contributed by atoms with Gasteiger partial charge in [0.05, 0.1) is 7.11 Å². The molecule has 0 aliphatic carbocycles. The maximum absolute atomic E-state index is 12.7. The summed E-state index contributed by atoms with van der Waals surface area (Å²) in [6.45, 7) is 2.47. The minimum Gasteiger partial charge on any atom is -0.497 e. The van der Waals surface area contributed by atoms with Crippen molar-refractivity contribution in [3.05, 3.63) is 59.6 Å². The van der Waals surface area contributed by atoms with Crippen LogP contribution in [0.25, 0.3) is 11.0 Å². The number of likely N-dealkylation sites (N-methyl/N-ethyl adjacent to an activating group) is 1. The number of benzene rings is 1. The largest absolute Gasteiger partial charge is 0.497 e. The van der Waals surface area contributed by atoms with E-state index in [2.05, 4.69) is 4.98 Å². The van der Waals surface area contributed by atoms with Crippen molar-refractivity contribution >= 4 is 16.9 Å². The van der Waals surface area contributed by atoms with Crippen LogP contribution in [0, 0.1) is 6.92 Å². The predicted octanol–water partition coefficient (Wildman–Crippen LogP) is 3.46. The molecule has 1 amide bonds. The van der Waals surface area contributed by atoms with Crippen molar-refractivity contribution in [1.82, 2.24) is 9.88 Å². The first-order chi connectivity index (χ1) is 11.6. The van der Waals surface area contributed by atoms with Gasteiger partial charge < -0.3 is 14.1 Å². The molecule has 1 aromatic carbocycles. The van der Waals surface area contributed by atoms with E-state index in [-0.39, 0.29) is 5.91 Å². The number of nitrogens with zero attached hydrogens (tertiary/aromatic N) is 2. The molecule has 0 N–H and O–H groups in total. The van der Waals surface area contributed by atoms with E-state index in [4.69, 9.17) is 9.15 Å². The zero-order chi connectivity index (χ0) is 17.1. The standard InChI is InChI=1S/C19H20N2O3/c1-13-16-12-15(23-3)7-8-17(16)24-18(13)19(22)21(2)11-9-14-6-4-5-10-20-14/h4-8,10,12H,9,11H2,1-3H3. The van der Waals surface area contributed by atoms with E-state index < -0.39 is 0 Å². The van der Waals surface area contributed by atoms with E-state index in [1.807, 2.05) is 43.3 Å². The van der Waals surface area contributed by atoms with E-state index >= 15 is 0 Å². The number of hydrogen-bond donors (Lipinski definition) is 0. The Hall–Kier alpha value is -2.82. The smallest absolute Gasteiger partial charge is 0.289 e. The summed E-state index contributed by atoms with van der Waals surface area (Å²) < 4.78 is 11.0. The fourth-order valence-electron chi connectivity index (χ4n) is 2.63. The first kappa shape index (κ1) is 16.1. The number of aryl methyl sites for hydroxylation is 1. The second-order valence-corrected chi connectivity index (χ2v) is 5.72. The lowest BCUT2D eigenvalue weighted by molar-refractivity contribution is 0.0766. The van der Waals surface area contributed by atoms with E-state index in [9.17, 15) is 4.79 Å². The van der Waals surface area contributed by atoms with Crippen molar-refractivity contribution in [2.75, 3.05) is 20.7 Å². The molecule has 0 saturated heterocycles. The average molecular weight is 324 g/mol. The minimum atomic E-state index is -0.126. The number of rotatable bonds is 5. The summed E-state index contributed by atoms with van der Waals surface area (Å²) in [4.78, 5) is 18.6. The molecule has 3 rings (SSSR count). The van der Waals surface area contributed by atoms with Crippen LogP contribution in [0.4, 0.5) is 0 Å². The Labute approximate surface area is 140 Å². The van der Waals surface area contributed by atoms with Gasteiger partial charge in [-0.2, -0.15) is 0 Å². The highest BCUT2D eigenvalue weighted by molar-refractivity contribution is 5.99. The summed E-state index contributed by atoms with van der Waals surface area (Å²) in [5, 5.41) is 0.899. The molecule has 0 saturated carbocycles. The van der Waals surface area contributed by atoms with E-state index in [0.29, 0.717) is 24.3 Å². The Morgan fingerprint density at radius 3 is 2.83 bits per heavy atom. The van der Waals surface area contributed by atoms with Crippen LogP contribution in [0.5, 0.6) is 5.75 Å². The fraction of sp³-hybridized carbons (Fsp3) is 0.263. The Morgan fingerprint density at radius 2 is 2.12 bits per heavy atom. The molecule has 0 unspecified atom stereocenters. The Bertz CT molecular complexity index is 856. The molecule has 0 aliphatic rings. The molecule has 0 aliphatic heterocycles. The topological polar surface area (TPSA) is 55.6 Å². The Morgan fingerprint density at radius 1 is 1.29 bits per heavy atom. The molecule has 2 aromatic heterocycles. The number of furan rings is 1. The van der Waals surface area contributed by atoms with Crippen LogP contribution >= 0.6 is 0 Å². The Kier molecular flexibility index (Phi) is 4.51. The van der Waals surface area contributed by atoms with Crippen LogP contribution in [0.2, 0.25) is 0 Å². The van der Waals surface area contributed by atoms with Gasteiger partial charge in [0.1, 0.15) is 11.3 Å². The third kappa shape index (κ3) is 3.11. The molecule has 0 spiro atoms. The van der Waals surface area contributed by atoms with Gasteiger partial charge in [-0.25, -0.2) is 0 Å². The second-order valence-electron chi connectivity index (χ2n) is 5.72. The second kappa shape index (κ2) is 6.74. The number of pyridine rings is 1. The van der Waals surface area contributed by atoms with Crippen molar-refractivity contribution in [2.45, 2.75) is 13.3 Å². The first-order valence-electron chi connectivity index (χ1n) is 7.82. The predicted molar refractivity (Wildman–Crippen MR) is 92.4 cm³/mol. The van der Waals surface area contributed by atoms with Crippen molar-refractivity contribution < 1.29 is 13.9 Å². The average Bonchev–Trinajstić information content (AvgIpc) is 2.96. The zero-order valence-corrected chi connectivity index (χ0v) is 14.1. The van der Waals surface area contributed by atoms with Gasteiger partial charge >= 0.3 is 0 Å². The number of fused-ring (bicyclic) bond motifs is 1. The number of carbonyl (C=O) groups is 1. The number of aromatic nitrogens is 1. The van der Waals surface area contributed by atoms with Crippen LogP contribution in [0.1, 0.15) is 21.8 Å². The van der Waals surface area contributed by atoms with Gasteiger partial charge in [-0.15, -0.1) is 0 Å².